The molecule has 7 heteroatoms. The minimum absolute atomic E-state index is 0.0551. The van der Waals surface area contributed by atoms with E-state index < -0.39 is 0 Å². The maximum absolute atomic E-state index is 6.07. The summed E-state index contributed by atoms with van der Waals surface area (Å²) in [4.78, 5) is 13.9. The Hall–Kier alpha value is -3.74. The molecule has 6 rings (SSSR count). The van der Waals surface area contributed by atoms with Crippen LogP contribution in [0.1, 0.15) is 12.6 Å². The number of aromatic nitrogens is 2. The summed E-state index contributed by atoms with van der Waals surface area (Å²) in [6.45, 7) is 6.49. The molecule has 0 N–H and O–H groups in total. The number of aryl methyl sites for hydroxylation is 1. The van der Waals surface area contributed by atoms with E-state index in [1.165, 1.54) is 0 Å². The van der Waals surface area contributed by atoms with Gasteiger partial charge in [0.2, 0.25) is 5.71 Å². The summed E-state index contributed by atoms with van der Waals surface area (Å²) < 4.78 is 6.07. The number of benzene rings is 1. The third-order valence-electron chi connectivity index (χ3n) is 6.08. The normalized spacial score (nSPS) is 17.5. The van der Waals surface area contributed by atoms with Crippen LogP contribution in [0, 0.1) is 6.92 Å². The van der Waals surface area contributed by atoms with Crippen LogP contribution >= 0.6 is 0 Å². The molecule has 2 aliphatic rings. The quantitative estimate of drug-likeness (QED) is 0.475. The van der Waals surface area contributed by atoms with E-state index in [0.717, 1.165) is 38.9 Å². The van der Waals surface area contributed by atoms with Gasteiger partial charge in [0.25, 0.3) is 0 Å². The number of nitrogens with zero attached hydrogens (tertiary/aromatic N) is 5. The molecule has 5 heterocycles. The number of para-hydroxylation sites is 1. The lowest BCUT2D eigenvalue weighted by Gasteiger charge is -2.40. The lowest BCUT2D eigenvalue weighted by atomic mass is 9.63. The number of rotatable bonds is 2. The maximum Gasteiger partial charge on any atom is 0.306 e. The summed E-state index contributed by atoms with van der Waals surface area (Å²) in [5.41, 5.74) is 4.74. The Bertz CT molecular complexity index is 1420. The summed E-state index contributed by atoms with van der Waals surface area (Å²) in [5, 5.41) is 4.42. The van der Waals surface area contributed by atoms with Crippen LogP contribution in [0.25, 0.3) is 23.3 Å². The van der Waals surface area contributed by atoms with Gasteiger partial charge in [0, 0.05) is 34.4 Å². The van der Waals surface area contributed by atoms with E-state index in [0.29, 0.717) is 5.71 Å². The van der Waals surface area contributed by atoms with Crippen molar-refractivity contribution < 1.29 is 4.42 Å². The van der Waals surface area contributed by atoms with Gasteiger partial charge in [0.1, 0.15) is 17.3 Å². The number of pyridine rings is 2. The van der Waals surface area contributed by atoms with Crippen molar-refractivity contribution in [3.8, 4) is 0 Å². The van der Waals surface area contributed by atoms with Crippen LogP contribution in [-0.2, 0) is 0 Å². The molecule has 1 aromatic carbocycles. The molecule has 0 unspecified atom stereocenters. The molecule has 1 atom stereocenters. The topological polar surface area (TPSA) is 48.6 Å². The zero-order chi connectivity index (χ0) is 21.1. The summed E-state index contributed by atoms with van der Waals surface area (Å²) in [6, 6.07) is 18.7. The fraction of sp³-hybridized carbons (Fsp3) is 0.167. The average Bonchev–Trinajstić information content (AvgIpc) is 3.26. The van der Waals surface area contributed by atoms with Gasteiger partial charge in [-0.1, -0.05) is 25.0 Å². The van der Waals surface area contributed by atoms with Crippen molar-refractivity contribution in [3.05, 3.63) is 77.1 Å². The van der Waals surface area contributed by atoms with Gasteiger partial charge < -0.3 is 14.2 Å². The van der Waals surface area contributed by atoms with E-state index in [4.69, 9.17) is 9.40 Å². The molecule has 0 fully saturated rings. The van der Waals surface area contributed by atoms with Gasteiger partial charge in [-0.15, -0.1) is 0 Å². The molecule has 0 spiro atoms. The van der Waals surface area contributed by atoms with E-state index in [9.17, 15) is 0 Å². The predicted octanol–water partition coefficient (Wildman–Crippen LogP) is 3.45. The standard InChI is InChI=1S/C24H22BN5O/c1-16-11-12-19-20-15-28(25(3)14-22(20)31-24(19)27-16)30-17(2)29(18-8-5-4-6-9-18)23-21(30)10-7-13-26-23/h4-15,17H,1-3H3/t17-/m0/s1. The molecule has 0 radical (unpaired) electrons. The molecule has 3 aromatic heterocycles. The highest BCUT2D eigenvalue weighted by Crippen LogP contribution is 2.43. The predicted molar refractivity (Wildman–Crippen MR) is 125 cm³/mol. The van der Waals surface area contributed by atoms with Crippen LogP contribution in [0.15, 0.2) is 65.2 Å². The van der Waals surface area contributed by atoms with Crippen molar-refractivity contribution >= 4 is 47.3 Å². The van der Waals surface area contributed by atoms with Crippen molar-refractivity contribution in [2.24, 2.45) is 0 Å². The third-order valence-corrected chi connectivity index (χ3v) is 6.08. The lowest BCUT2D eigenvalue weighted by molar-refractivity contribution is 0.495. The van der Waals surface area contributed by atoms with Crippen LogP contribution in [0.5, 0.6) is 0 Å². The van der Waals surface area contributed by atoms with Gasteiger partial charge in [0.15, 0.2) is 5.82 Å². The van der Waals surface area contributed by atoms with Gasteiger partial charge >= 0.3 is 6.85 Å². The van der Waals surface area contributed by atoms with Gasteiger partial charge in [-0.25, -0.2) is 9.97 Å². The molecule has 31 heavy (non-hydrogen) atoms. The molecular formula is C24H22BN5O. The molecule has 0 saturated heterocycles. The second-order valence-electron chi connectivity index (χ2n) is 8.13. The Kier molecular flexibility index (Phi) is 3.87. The van der Waals surface area contributed by atoms with Crippen molar-refractivity contribution in [1.82, 2.24) is 14.9 Å². The SMILES string of the molecule is CB1C=c2oc3nc(C)ccc3c2=CN1N1c2cccnc2N(c2ccccc2)[C@@H]1C. The Morgan fingerprint density at radius 1 is 1.03 bits per heavy atom. The van der Waals surface area contributed by atoms with Crippen molar-refractivity contribution in [1.29, 1.82) is 0 Å². The number of furan rings is 1. The van der Waals surface area contributed by atoms with E-state index >= 15 is 0 Å². The lowest BCUT2D eigenvalue weighted by Crippen LogP contribution is -2.55. The summed E-state index contributed by atoms with van der Waals surface area (Å²) in [7, 11) is 0. The monoisotopic (exact) mass is 407 g/mol. The molecule has 2 aliphatic heterocycles. The van der Waals surface area contributed by atoms with Gasteiger partial charge in [-0.05, 0) is 56.2 Å². The highest BCUT2D eigenvalue weighted by atomic mass is 16.3. The Morgan fingerprint density at radius 2 is 1.87 bits per heavy atom. The zero-order valence-electron chi connectivity index (χ0n) is 17.7. The summed E-state index contributed by atoms with van der Waals surface area (Å²) >= 11 is 0. The van der Waals surface area contributed by atoms with Crippen molar-refractivity contribution in [2.75, 3.05) is 9.91 Å². The minimum atomic E-state index is 0.0551. The van der Waals surface area contributed by atoms with E-state index in [2.05, 4.69) is 82.1 Å². The Morgan fingerprint density at radius 3 is 2.71 bits per heavy atom. The fourth-order valence-corrected chi connectivity index (χ4v) is 4.65. The van der Waals surface area contributed by atoms with Gasteiger partial charge in [0.05, 0.1) is 0 Å². The molecule has 0 bridgehead atoms. The highest BCUT2D eigenvalue weighted by molar-refractivity contribution is 6.70. The number of hydrogen-bond acceptors (Lipinski definition) is 6. The largest absolute Gasteiger partial charge is 0.439 e. The minimum Gasteiger partial charge on any atom is -0.439 e. The first-order valence-corrected chi connectivity index (χ1v) is 10.6. The molecule has 4 aromatic rings. The molecule has 6 nitrogen and oxygen atoms in total. The first kappa shape index (κ1) is 18.1. The first-order chi connectivity index (χ1) is 15.1. The maximum atomic E-state index is 6.07. The number of fused-ring (bicyclic) bond motifs is 4. The van der Waals surface area contributed by atoms with Crippen LogP contribution in [0.4, 0.5) is 17.2 Å². The third kappa shape index (κ3) is 2.66. The average molecular weight is 407 g/mol. The number of anilines is 3. The zero-order valence-corrected chi connectivity index (χ0v) is 17.7. The molecular weight excluding hydrogens is 385 g/mol. The van der Waals surface area contributed by atoms with Crippen LogP contribution < -0.4 is 20.5 Å². The molecule has 0 aliphatic carbocycles. The second-order valence-corrected chi connectivity index (χ2v) is 8.13. The van der Waals surface area contributed by atoms with E-state index in [1.54, 1.807) is 0 Å². The first-order valence-electron chi connectivity index (χ1n) is 10.6. The molecule has 152 valence electrons. The second kappa shape index (κ2) is 6.64. The summed E-state index contributed by atoms with van der Waals surface area (Å²) in [5.74, 6) is 3.13. The van der Waals surface area contributed by atoms with Crippen molar-refractivity contribution in [3.63, 3.8) is 0 Å². The van der Waals surface area contributed by atoms with Crippen LogP contribution in [0.3, 0.4) is 0 Å². The smallest absolute Gasteiger partial charge is 0.306 e. The van der Waals surface area contributed by atoms with E-state index in [1.807, 2.05) is 31.3 Å². The van der Waals surface area contributed by atoms with Crippen molar-refractivity contribution in [2.45, 2.75) is 26.8 Å². The van der Waals surface area contributed by atoms with Crippen LogP contribution in [-0.4, -0.2) is 27.9 Å². The molecule has 0 amide bonds. The Labute approximate surface area is 180 Å². The fourth-order valence-electron chi connectivity index (χ4n) is 4.65. The van der Waals surface area contributed by atoms with Crippen LogP contribution in [0.2, 0.25) is 6.82 Å². The number of hydrogen-bond donors (Lipinski definition) is 0. The van der Waals surface area contributed by atoms with E-state index in [-0.39, 0.29) is 13.0 Å². The van der Waals surface area contributed by atoms with Gasteiger partial charge in [-0.3, -0.25) is 5.01 Å². The Balaban J connectivity index is 1.52. The van der Waals surface area contributed by atoms with Gasteiger partial charge in [-0.2, -0.15) is 0 Å². The summed E-state index contributed by atoms with van der Waals surface area (Å²) in [6.07, 6.45) is 4.10. The molecule has 0 saturated carbocycles. The highest BCUT2D eigenvalue weighted by Gasteiger charge is 2.39. The number of hydrazine groups is 1.